The van der Waals surface area contributed by atoms with Crippen molar-refractivity contribution in [2.24, 2.45) is 0 Å². The van der Waals surface area contributed by atoms with Gasteiger partial charge in [0.1, 0.15) is 0 Å². The van der Waals surface area contributed by atoms with Crippen LogP contribution in [0.15, 0.2) is 24.3 Å². The van der Waals surface area contributed by atoms with Crippen LogP contribution in [0.25, 0.3) is 0 Å². The summed E-state index contributed by atoms with van der Waals surface area (Å²) in [5.41, 5.74) is -0.262. The summed E-state index contributed by atoms with van der Waals surface area (Å²) in [6.45, 7) is -0.0302. The van der Waals surface area contributed by atoms with Crippen LogP contribution >= 0.6 is 0 Å². The molecule has 8 heteroatoms. The molecule has 4 nitrogen and oxygen atoms in total. The van der Waals surface area contributed by atoms with Crippen molar-refractivity contribution in [3.8, 4) is 0 Å². The average Bonchev–Trinajstić information content (AvgIpc) is 2.53. The molecule has 0 radical (unpaired) electrons. The lowest BCUT2D eigenvalue weighted by Gasteiger charge is -2.30. The van der Waals surface area contributed by atoms with Crippen LogP contribution in [0, 0.1) is 0 Å². The SMILES string of the molecule is CN(C1CCCCC1)S(=O)(=O)NCc1ccc(C(F)(F)F)cc1. The molecule has 0 unspecified atom stereocenters. The highest BCUT2D eigenvalue weighted by molar-refractivity contribution is 7.87. The minimum Gasteiger partial charge on any atom is -0.198 e. The molecule has 1 N–H and O–H groups in total. The second-order valence-electron chi connectivity index (χ2n) is 5.83. The second kappa shape index (κ2) is 7.19. The molecule has 130 valence electrons. The quantitative estimate of drug-likeness (QED) is 0.886. The molecular weight excluding hydrogens is 329 g/mol. The van der Waals surface area contributed by atoms with E-state index in [-0.39, 0.29) is 12.6 Å². The minimum atomic E-state index is -4.39. The van der Waals surface area contributed by atoms with Gasteiger partial charge >= 0.3 is 6.18 Å². The van der Waals surface area contributed by atoms with Crippen molar-refractivity contribution in [2.75, 3.05) is 7.05 Å². The third-order valence-electron chi connectivity index (χ3n) is 4.21. The number of rotatable bonds is 5. The zero-order chi connectivity index (χ0) is 17.1. The predicted octanol–water partition coefficient (Wildman–Crippen LogP) is 3.30. The Morgan fingerprint density at radius 2 is 1.70 bits per heavy atom. The summed E-state index contributed by atoms with van der Waals surface area (Å²) in [5.74, 6) is 0. The fourth-order valence-corrected chi connectivity index (χ4v) is 3.88. The first-order valence-electron chi connectivity index (χ1n) is 7.59. The molecule has 1 saturated carbocycles. The van der Waals surface area contributed by atoms with Crippen molar-refractivity contribution in [1.82, 2.24) is 9.03 Å². The van der Waals surface area contributed by atoms with Crippen molar-refractivity contribution in [3.63, 3.8) is 0 Å². The van der Waals surface area contributed by atoms with Crippen LogP contribution in [-0.4, -0.2) is 25.8 Å². The van der Waals surface area contributed by atoms with E-state index in [0.717, 1.165) is 44.2 Å². The van der Waals surface area contributed by atoms with Gasteiger partial charge in [-0.3, -0.25) is 0 Å². The Bertz CT molecular complexity index is 609. The number of nitrogens with one attached hydrogen (secondary N) is 1. The van der Waals surface area contributed by atoms with E-state index in [1.54, 1.807) is 7.05 Å². The Labute approximate surface area is 134 Å². The van der Waals surface area contributed by atoms with E-state index in [1.807, 2.05) is 0 Å². The van der Waals surface area contributed by atoms with Crippen LogP contribution in [0.1, 0.15) is 43.2 Å². The molecule has 1 aromatic rings. The van der Waals surface area contributed by atoms with Gasteiger partial charge < -0.3 is 0 Å². The maximum atomic E-state index is 12.5. The summed E-state index contributed by atoms with van der Waals surface area (Å²) < 4.78 is 65.8. The van der Waals surface area contributed by atoms with Crippen LogP contribution in [-0.2, 0) is 22.9 Å². The first-order chi connectivity index (χ1) is 10.7. The number of hydrogen-bond donors (Lipinski definition) is 1. The zero-order valence-corrected chi connectivity index (χ0v) is 13.8. The lowest BCUT2D eigenvalue weighted by Crippen LogP contribution is -2.44. The maximum Gasteiger partial charge on any atom is 0.416 e. The standard InChI is InChI=1S/C15H21F3N2O2S/c1-20(14-5-3-2-4-6-14)23(21,22)19-11-12-7-9-13(10-8-12)15(16,17)18/h7-10,14,19H,2-6,11H2,1H3. The van der Waals surface area contributed by atoms with E-state index in [1.165, 1.54) is 16.4 Å². The number of alkyl halides is 3. The average molecular weight is 350 g/mol. The number of hydrogen-bond acceptors (Lipinski definition) is 2. The molecule has 0 aromatic heterocycles. The first kappa shape index (κ1) is 18.2. The van der Waals surface area contributed by atoms with Gasteiger partial charge in [-0.1, -0.05) is 31.4 Å². The summed E-state index contributed by atoms with van der Waals surface area (Å²) in [4.78, 5) is 0. The fraction of sp³-hybridized carbons (Fsp3) is 0.600. The van der Waals surface area contributed by atoms with Crippen molar-refractivity contribution in [1.29, 1.82) is 0 Å². The van der Waals surface area contributed by atoms with E-state index in [0.29, 0.717) is 5.56 Å². The molecule has 1 aliphatic carbocycles. The van der Waals surface area contributed by atoms with Gasteiger partial charge in [-0.25, -0.2) is 0 Å². The van der Waals surface area contributed by atoms with Crippen LogP contribution in [0.4, 0.5) is 13.2 Å². The van der Waals surface area contributed by atoms with Gasteiger partial charge in [0.05, 0.1) is 5.56 Å². The Morgan fingerprint density at radius 1 is 1.13 bits per heavy atom. The van der Waals surface area contributed by atoms with E-state index < -0.39 is 21.9 Å². The Kier molecular flexibility index (Phi) is 5.70. The summed E-state index contributed by atoms with van der Waals surface area (Å²) in [6.07, 6.45) is 0.463. The topological polar surface area (TPSA) is 49.4 Å². The summed E-state index contributed by atoms with van der Waals surface area (Å²) in [6, 6.07) is 4.47. The molecule has 23 heavy (non-hydrogen) atoms. The smallest absolute Gasteiger partial charge is 0.198 e. The first-order valence-corrected chi connectivity index (χ1v) is 9.03. The van der Waals surface area contributed by atoms with Crippen molar-refractivity contribution >= 4 is 10.2 Å². The van der Waals surface area contributed by atoms with Crippen LogP contribution in [0.5, 0.6) is 0 Å². The van der Waals surface area contributed by atoms with Gasteiger partial charge in [-0.15, -0.1) is 0 Å². The summed E-state index contributed by atoms with van der Waals surface area (Å²) in [5, 5.41) is 0. The van der Waals surface area contributed by atoms with E-state index in [2.05, 4.69) is 4.72 Å². The van der Waals surface area contributed by atoms with Crippen molar-refractivity contribution in [3.05, 3.63) is 35.4 Å². The van der Waals surface area contributed by atoms with Crippen LogP contribution in [0.3, 0.4) is 0 Å². The molecule has 0 heterocycles. The summed E-state index contributed by atoms with van der Waals surface area (Å²) in [7, 11) is -2.09. The predicted molar refractivity (Wildman–Crippen MR) is 81.8 cm³/mol. The highest BCUT2D eigenvalue weighted by Crippen LogP contribution is 2.29. The summed E-state index contributed by atoms with van der Waals surface area (Å²) >= 11 is 0. The molecule has 0 amide bonds. The highest BCUT2D eigenvalue weighted by Gasteiger charge is 2.30. The zero-order valence-electron chi connectivity index (χ0n) is 12.9. The van der Waals surface area contributed by atoms with Crippen LogP contribution in [0.2, 0.25) is 0 Å². The maximum absolute atomic E-state index is 12.5. The Morgan fingerprint density at radius 3 is 2.22 bits per heavy atom. The third-order valence-corrected chi connectivity index (χ3v) is 5.77. The third kappa shape index (κ3) is 4.92. The Balaban J connectivity index is 1.96. The highest BCUT2D eigenvalue weighted by atomic mass is 32.2. The van der Waals surface area contributed by atoms with Crippen LogP contribution < -0.4 is 4.72 Å². The number of benzene rings is 1. The Hall–Kier alpha value is -1.12. The van der Waals surface area contributed by atoms with Gasteiger partial charge in [-0.2, -0.15) is 30.6 Å². The van der Waals surface area contributed by atoms with Gasteiger partial charge in [-0.05, 0) is 30.5 Å². The van der Waals surface area contributed by atoms with Gasteiger partial charge in [0.2, 0.25) is 0 Å². The molecule has 0 saturated heterocycles. The fourth-order valence-electron chi connectivity index (χ4n) is 2.73. The van der Waals surface area contributed by atoms with E-state index in [9.17, 15) is 21.6 Å². The molecule has 0 bridgehead atoms. The number of nitrogens with zero attached hydrogens (tertiary/aromatic N) is 1. The molecule has 0 aliphatic heterocycles. The molecule has 1 aromatic carbocycles. The lowest BCUT2D eigenvalue weighted by atomic mass is 9.96. The molecule has 1 aliphatic rings. The molecule has 0 spiro atoms. The molecule has 2 rings (SSSR count). The molecule has 0 atom stereocenters. The van der Waals surface area contributed by atoms with Crippen molar-refractivity contribution < 1.29 is 21.6 Å². The molecule has 1 fully saturated rings. The second-order valence-corrected chi connectivity index (χ2v) is 7.64. The van der Waals surface area contributed by atoms with Gasteiger partial charge in [0.15, 0.2) is 0 Å². The monoisotopic (exact) mass is 350 g/mol. The number of halogens is 3. The normalized spacial score (nSPS) is 17.6. The van der Waals surface area contributed by atoms with Gasteiger partial charge in [0, 0.05) is 19.6 Å². The largest absolute Gasteiger partial charge is 0.416 e. The van der Waals surface area contributed by atoms with E-state index >= 15 is 0 Å². The van der Waals surface area contributed by atoms with E-state index in [4.69, 9.17) is 0 Å². The molecular formula is C15H21F3N2O2S. The van der Waals surface area contributed by atoms with Crippen molar-refractivity contribution in [2.45, 2.75) is 50.9 Å². The minimum absolute atomic E-state index is 0.00569. The lowest BCUT2D eigenvalue weighted by molar-refractivity contribution is -0.137. The van der Waals surface area contributed by atoms with Gasteiger partial charge in [0.25, 0.3) is 10.2 Å².